The number of hydrogen-bond acceptors (Lipinski definition) is 2. The highest BCUT2D eigenvalue weighted by Crippen LogP contribution is 2.16. The molecule has 0 amide bonds. The van der Waals surface area contributed by atoms with E-state index in [1.54, 1.807) is 13.0 Å². The lowest BCUT2D eigenvalue weighted by Gasteiger charge is -2.09. The Morgan fingerprint density at radius 2 is 2.06 bits per heavy atom. The van der Waals surface area contributed by atoms with E-state index >= 15 is 0 Å². The molecule has 1 aromatic rings. The SMILES string of the molecule is Cc1ccc(F)c(C(=O)C(C)CC(=O)O)c1. The van der Waals surface area contributed by atoms with Crippen LogP contribution < -0.4 is 0 Å². The Morgan fingerprint density at radius 1 is 1.44 bits per heavy atom. The first-order chi connectivity index (χ1) is 7.41. The molecule has 0 bridgehead atoms. The number of Topliss-reactive ketones (excluding diaryl/α,β-unsaturated/α-hetero) is 1. The van der Waals surface area contributed by atoms with E-state index < -0.39 is 23.5 Å². The monoisotopic (exact) mass is 224 g/mol. The van der Waals surface area contributed by atoms with Crippen molar-refractivity contribution in [1.82, 2.24) is 0 Å². The lowest BCUT2D eigenvalue weighted by molar-refractivity contribution is -0.137. The molecule has 0 spiro atoms. The van der Waals surface area contributed by atoms with Gasteiger partial charge in [0.15, 0.2) is 5.78 Å². The predicted molar refractivity (Wildman–Crippen MR) is 56.9 cm³/mol. The molecule has 0 fully saturated rings. The molecule has 1 N–H and O–H groups in total. The second-order valence-electron chi connectivity index (χ2n) is 3.85. The van der Waals surface area contributed by atoms with Crippen molar-refractivity contribution in [2.24, 2.45) is 5.92 Å². The van der Waals surface area contributed by atoms with E-state index in [-0.39, 0.29) is 12.0 Å². The smallest absolute Gasteiger partial charge is 0.304 e. The van der Waals surface area contributed by atoms with Gasteiger partial charge in [0, 0.05) is 5.92 Å². The summed E-state index contributed by atoms with van der Waals surface area (Å²) in [6, 6.07) is 4.22. The number of halogens is 1. The van der Waals surface area contributed by atoms with Gasteiger partial charge in [-0.2, -0.15) is 0 Å². The van der Waals surface area contributed by atoms with Crippen LogP contribution in [0.5, 0.6) is 0 Å². The number of hydrogen-bond donors (Lipinski definition) is 1. The van der Waals surface area contributed by atoms with Crippen LogP contribution in [0.4, 0.5) is 4.39 Å². The Kier molecular flexibility index (Phi) is 3.77. The van der Waals surface area contributed by atoms with Crippen molar-refractivity contribution in [1.29, 1.82) is 0 Å². The molecule has 1 rings (SSSR count). The highest BCUT2D eigenvalue weighted by molar-refractivity contribution is 5.99. The normalized spacial score (nSPS) is 12.2. The highest BCUT2D eigenvalue weighted by atomic mass is 19.1. The summed E-state index contributed by atoms with van der Waals surface area (Å²) in [5.41, 5.74) is 0.737. The maximum atomic E-state index is 13.3. The minimum Gasteiger partial charge on any atom is -0.481 e. The van der Waals surface area contributed by atoms with Crippen LogP contribution in [0.3, 0.4) is 0 Å². The Labute approximate surface area is 92.9 Å². The van der Waals surface area contributed by atoms with Gasteiger partial charge in [-0.1, -0.05) is 18.6 Å². The summed E-state index contributed by atoms with van der Waals surface area (Å²) in [6.07, 6.45) is -0.286. The molecule has 4 heteroatoms. The first-order valence-electron chi connectivity index (χ1n) is 4.94. The van der Waals surface area contributed by atoms with E-state index in [1.807, 2.05) is 0 Å². The van der Waals surface area contributed by atoms with Gasteiger partial charge >= 0.3 is 5.97 Å². The predicted octanol–water partition coefficient (Wildman–Crippen LogP) is 2.43. The summed E-state index contributed by atoms with van der Waals surface area (Å²) in [5, 5.41) is 8.56. The second-order valence-corrected chi connectivity index (χ2v) is 3.85. The van der Waals surface area contributed by atoms with Crippen molar-refractivity contribution in [3.05, 3.63) is 35.1 Å². The Bertz CT molecular complexity index is 426. The van der Waals surface area contributed by atoms with E-state index in [0.29, 0.717) is 0 Å². The van der Waals surface area contributed by atoms with Crippen LogP contribution in [0.25, 0.3) is 0 Å². The minimum atomic E-state index is -1.06. The number of rotatable bonds is 4. The Hall–Kier alpha value is -1.71. The van der Waals surface area contributed by atoms with Crippen LogP contribution in [0.15, 0.2) is 18.2 Å². The molecule has 0 heterocycles. The number of aliphatic carboxylic acids is 1. The van der Waals surface area contributed by atoms with Gasteiger partial charge in [0.25, 0.3) is 0 Å². The molecule has 1 unspecified atom stereocenters. The summed E-state index contributed by atoms with van der Waals surface area (Å²) in [5.74, 6) is -2.85. The Balaban J connectivity index is 2.95. The number of carbonyl (C=O) groups is 2. The fourth-order valence-electron chi connectivity index (χ4n) is 1.45. The van der Waals surface area contributed by atoms with Crippen LogP contribution >= 0.6 is 0 Å². The van der Waals surface area contributed by atoms with Crippen LogP contribution in [0.1, 0.15) is 29.3 Å². The van der Waals surface area contributed by atoms with Gasteiger partial charge in [-0.3, -0.25) is 9.59 Å². The van der Waals surface area contributed by atoms with Crippen LogP contribution in [0.2, 0.25) is 0 Å². The topological polar surface area (TPSA) is 54.4 Å². The summed E-state index contributed by atoms with van der Waals surface area (Å²) in [4.78, 5) is 22.2. The van der Waals surface area contributed by atoms with Gasteiger partial charge in [-0.05, 0) is 19.1 Å². The van der Waals surface area contributed by atoms with Gasteiger partial charge in [0.2, 0.25) is 0 Å². The average molecular weight is 224 g/mol. The number of carbonyl (C=O) groups excluding carboxylic acids is 1. The van der Waals surface area contributed by atoms with Crippen molar-refractivity contribution in [2.45, 2.75) is 20.3 Å². The molecule has 0 aliphatic heterocycles. The molecule has 0 aromatic heterocycles. The first-order valence-corrected chi connectivity index (χ1v) is 4.94. The quantitative estimate of drug-likeness (QED) is 0.799. The summed E-state index contributed by atoms with van der Waals surface area (Å²) >= 11 is 0. The van der Waals surface area contributed by atoms with Crippen LogP contribution in [-0.4, -0.2) is 16.9 Å². The molecular formula is C12H13FO3. The fraction of sp³-hybridized carbons (Fsp3) is 0.333. The number of ketones is 1. The first kappa shape index (κ1) is 12.4. The third-order valence-corrected chi connectivity index (χ3v) is 2.32. The van der Waals surface area contributed by atoms with Crippen molar-refractivity contribution >= 4 is 11.8 Å². The van der Waals surface area contributed by atoms with E-state index in [0.717, 1.165) is 5.56 Å². The molecule has 3 nitrogen and oxygen atoms in total. The largest absolute Gasteiger partial charge is 0.481 e. The van der Waals surface area contributed by atoms with Crippen molar-refractivity contribution in [2.75, 3.05) is 0 Å². The van der Waals surface area contributed by atoms with Crippen LogP contribution in [0, 0.1) is 18.7 Å². The number of aryl methyl sites for hydroxylation is 1. The number of benzene rings is 1. The zero-order valence-electron chi connectivity index (χ0n) is 9.16. The number of carboxylic acid groups (broad SMARTS) is 1. The fourth-order valence-corrected chi connectivity index (χ4v) is 1.45. The summed E-state index contributed by atoms with van der Waals surface area (Å²) in [7, 11) is 0. The number of carboxylic acids is 1. The molecule has 1 atom stereocenters. The van der Waals surface area contributed by atoms with E-state index in [4.69, 9.17) is 5.11 Å². The minimum absolute atomic E-state index is 0.0336. The summed E-state index contributed by atoms with van der Waals surface area (Å²) < 4.78 is 13.3. The maximum absolute atomic E-state index is 13.3. The third-order valence-electron chi connectivity index (χ3n) is 2.32. The molecule has 0 saturated heterocycles. The maximum Gasteiger partial charge on any atom is 0.304 e. The zero-order valence-corrected chi connectivity index (χ0v) is 9.16. The summed E-state index contributed by atoms with van der Waals surface area (Å²) in [6.45, 7) is 3.23. The highest BCUT2D eigenvalue weighted by Gasteiger charge is 2.21. The molecule has 86 valence electrons. The van der Waals surface area contributed by atoms with E-state index in [9.17, 15) is 14.0 Å². The van der Waals surface area contributed by atoms with Gasteiger partial charge < -0.3 is 5.11 Å². The van der Waals surface area contributed by atoms with Crippen molar-refractivity contribution in [3.63, 3.8) is 0 Å². The molecular weight excluding hydrogens is 211 g/mol. The van der Waals surface area contributed by atoms with Gasteiger partial charge in [0.05, 0.1) is 12.0 Å². The molecule has 1 aromatic carbocycles. The van der Waals surface area contributed by atoms with Gasteiger partial charge in [-0.15, -0.1) is 0 Å². The third kappa shape index (κ3) is 2.89. The Morgan fingerprint density at radius 3 is 2.62 bits per heavy atom. The molecule has 0 aliphatic rings. The standard InChI is InChI=1S/C12H13FO3/c1-7-3-4-10(13)9(5-7)12(16)8(2)6-11(14)15/h3-5,8H,6H2,1-2H3,(H,14,15). The zero-order chi connectivity index (χ0) is 12.3. The molecule has 0 aliphatic carbocycles. The van der Waals surface area contributed by atoms with E-state index in [1.165, 1.54) is 19.1 Å². The molecule has 0 radical (unpaired) electrons. The van der Waals surface area contributed by atoms with Gasteiger partial charge in [0.1, 0.15) is 5.82 Å². The average Bonchev–Trinajstić information content (AvgIpc) is 2.19. The van der Waals surface area contributed by atoms with Crippen molar-refractivity contribution in [3.8, 4) is 0 Å². The molecule has 0 saturated carbocycles. The van der Waals surface area contributed by atoms with Crippen molar-refractivity contribution < 1.29 is 19.1 Å². The lowest BCUT2D eigenvalue weighted by atomic mass is 9.95. The molecule has 16 heavy (non-hydrogen) atoms. The lowest BCUT2D eigenvalue weighted by Crippen LogP contribution is -2.16. The van der Waals surface area contributed by atoms with Crippen LogP contribution in [-0.2, 0) is 4.79 Å². The van der Waals surface area contributed by atoms with Gasteiger partial charge in [-0.25, -0.2) is 4.39 Å². The van der Waals surface area contributed by atoms with E-state index in [2.05, 4.69) is 0 Å². The second kappa shape index (κ2) is 4.88.